The summed E-state index contributed by atoms with van der Waals surface area (Å²) in [6.07, 6.45) is 0. The first kappa shape index (κ1) is 14.3. The molecule has 0 fully saturated rings. The highest BCUT2D eigenvalue weighted by molar-refractivity contribution is 7.16. The van der Waals surface area contributed by atoms with Gasteiger partial charge in [0.05, 0.1) is 27.4 Å². The van der Waals surface area contributed by atoms with E-state index in [9.17, 15) is 10.1 Å². The van der Waals surface area contributed by atoms with Crippen LogP contribution in [0.5, 0.6) is 0 Å². The fraction of sp³-hybridized carbons (Fsp3) is 0.154. The van der Waals surface area contributed by atoms with Gasteiger partial charge in [0.15, 0.2) is 0 Å². The zero-order chi connectivity index (χ0) is 14.7. The second-order valence-electron chi connectivity index (χ2n) is 4.13. The molecule has 0 aliphatic heterocycles. The van der Waals surface area contributed by atoms with Gasteiger partial charge in [-0.25, -0.2) is 0 Å². The molecule has 1 aromatic heterocycles. The molecule has 102 valence electrons. The Hall–Kier alpha value is -2.10. The van der Waals surface area contributed by atoms with Crippen LogP contribution in [-0.4, -0.2) is 12.0 Å². The molecular formula is C13H10ClN3O2S. The van der Waals surface area contributed by atoms with Crippen LogP contribution in [0.15, 0.2) is 30.3 Å². The molecule has 0 bridgehead atoms. The lowest BCUT2D eigenvalue weighted by Gasteiger charge is -2.18. The van der Waals surface area contributed by atoms with Gasteiger partial charge >= 0.3 is 0 Å². The molecule has 7 heteroatoms. The van der Waals surface area contributed by atoms with Crippen LogP contribution in [0.3, 0.4) is 0 Å². The monoisotopic (exact) mass is 307 g/mol. The highest BCUT2D eigenvalue weighted by Gasteiger charge is 2.18. The number of thiophene rings is 1. The fourth-order valence-corrected chi connectivity index (χ4v) is 2.96. The average Bonchev–Trinajstić information content (AvgIpc) is 2.83. The molecule has 1 aromatic carbocycles. The van der Waals surface area contributed by atoms with Crippen LogP contribution in [0.2, 0.25) is 4.34 Å². The molecule has 0 saturated carbocycles. The quantitative estimate of drug-likeness (QED) is 0.636. The minimum absolute atomic E-state index is 0.0748. The number of benzene rings is 1. The lowest BCUT2D eigenvalue weighted by molar-refractivity contribution is -0.384. The number of nitriles is 1. The van der Waals surface area contributed by atoms with E-state index >= 15 is 0 Å². The van der Waals surface area contributed by atoms with Crippen molar-refractivity contribution in [3.05, 3.63) is 55.2 Å². The van der Waals surface area contributed by atoms with Crippen molar-refractivity contribution < 1.29 is 4.92 Å². The lowest BCUT2D eigenvalue weighted by Crippen LogP contribution is -2.17. The second kappa shape index (κ2) is 5.90. The third kappa shape index (κ3) is 3.07. The Morgan fingerprint density at radius 2 is 2.20 bits per heavy atom. The number of nitro benzene ring substituents is 1. The standard InChI is InChI=1S/C13H10ClN3O2S/c1-16(8-10-3-5-13(14)20-10)11-4-2-9(7-15)6-12(11)17(18)19/h2-6H,8H2,1H3. The molecule has 0 aliphatic carbocycles. The van der Waals surface area contributed by atoms with Crippen molar-refractivity contribution in [2.24, 2.45) is 0 Å². The van der Waals surface area contributed by atoms with Gasteiger partial charge in [0.1, 0.15) is 5.69 Å². The predicted octanol–water partition coefficient (Wildman–Crippen LogP) is 3.82. The van der Waals surface area contributed by atoms with Crippen molar-refractivity contribution in [3.63, 3.8) is 0 Å². The Kier molecular flexibility index (Phi) is 4.23. The molecule has 0 spiro atoms. The fourth-order valence-electron chi connectivity index (χ4n) is 1.82. The van der Waals surface area contributed by atoms with Gasteiger partial charge in [-0.2, -0.15) is 5.26 Å². The number of anilines is 1. The maximum atomic E-state index is 11.1. The van der Waals surface area contributed by atoms with Crippen molar-refractivity contribution in [1.82, 2.24) is 0 Å². The van der Waals surface area contributed by atoms with E-state index in [4.69, 9.17) is 16.9 Å². The maximum Gasteiger partial charge on any atom is 0.293 e. The lowest BCUT2D eigenvalue weighted by atomic mass is 10.1. The van der Waals surface area contributed by atoms with E-state index in [1.807, 2.05) is 12.1 Å². The van der Waals surface area contributed by atoms with Gasteiger partial charge in [-0.15, -0.1) is 11.3 Å². The third-order valence-corrected chi connectivity index (χ3v) is 3.95. The number of nitro groups is 1. The highest BCUT2D eigenvalue weighted by atomic mass is 35.5. The summed E-state index contributed by atoms with van der Waals surface area (Å²) in [4.78, 5) is 13.4. The van der Waals surface area contributed by atoms with Crippen molar-refractivity contribution in [2.75, 3.05) is 11.9 Å². The summed E-state index contributed by atoms with van der Waals surface area (Å²) in [7, 11) is 1.77. The Balaban J connectivity index is 2.31. The molecule has 1 heterocycles. The first-order valence-corrected chi connectivity index (χ1v) is 6.84. The largest absolute Gasteiger partial charge is 0.364 e. The van der Waals surface area contributed by atoms with Crippen LogP contribution >= 0.6 is 22.9 Å². The van der Waals surface area contributed by atoms with Crippen molar-refractivity contribution in [3.8, 4) is 6.07 Å². The van der Waals surface area contributed by atoms with Crippen LogP contribution in [0.4, 0.5) is 11.4 Å². The minimum Gasteiger partial charge on any atom is -0.364 e. The summed E-state index contributed by atoms with van der Waals surface area (Å²) in [6.45, 7) is 0.518. The summed E-state index contributed by atoms with van der Waals surface area (Å²) < 4.78 is 0.683. The van der Waals surface area contributed by atoms with Gasteiger partial charge < -0.3 is 4.90 Å². The summed E-state index contributed by atoms with van der Waals surface area (Å²) in [6, 6.07) is 10.0. The molecule has 20 heavy (non-hydrogen) atoms. The van der Waals surface area contributed by atoms with Crippen LogP contribution in [0.1, 0.15) is 10.4 Å². The number of hydrogen-bond donors (Lipinski definition) is 0. The third-order valence-electron chi connectivity index (χ3n) is 2.73. The molecule has 0 radical (unpaired) electrons. The number of hydrogen-bond acceptors (Lipinski definition) is 5. The SMILES string of the molecule is CN(Cc1ccc(Cl)s1)c1ccc(C#N)cc1[N+](=O)[O-]. The number of nitrogens with zero attached hydrogens (tertiary/aromatic N) is 3. The van der Waals surface area contributed by atoms with Crippen LogP contribution in [0, 0.1) is 21.4 Å². The Bertz CT molecular complexity index is 693. The van der Waals surface area contributed by atoms with E-state index in [-0.39, 0.29) is 11.3 Å². The smallest absolute Gasteiger partial charge is 0.293 e. The molecule has 0 amide bonds. The molecule has 0 atom stereocenters. The second-order valence-corrected chi connectivity index (χ2v) is 5.93. The minimum atomic E-state index is -0.478. The summed E-state index contributed by atoms with van der Waals surface area (Å²) >= 11 is 7.30. The van der Waals surface area contributed by atoms with Gasteiger partial charge in [-0.05, 0) is 24.3 Å². The predicted molar refractivity (Wildman–Crippen MR) is 79.2 cm³/mol. The van der Waals surface area contributed by atoms with Gasteiger partial charge in [0, 0.05) is 18.0 Å². The Labute approximate surface area is 124 Å². The molecule has 5 nitrogen and oxygen atoms in total. The van der Waals surface area contributed by atoms with E-state index < -0.39 is 4.92 Å². The van der Waals surface area contributed by atoms with E-state index in [0.29, 0.717) is 16.6 Å². The van der Waals surface area contributed by atoms with Crippen molar-refractivity contribution in [1.29, 1.82) is 5.26 Å². The van der Waals surface area contributed by atoms with E-state index in [2.05, 4.69) is 0 Å². The van der Waals surface area contributed by atoms with Gasteiger partial charge in [-0.3, -0.25) is 10.1 Å². The van der Waals surface area contributed by atoms with Crippen molar-refractivity contribution in [2.45, 2.75) is 6.54 Å². The normalized spacial score (nSPS) is 10.1. The maximum absolute atomic E-state index is 11.1. The molecular weight excluding hydrogens is 298 g/mol. The van der Waals surface area contributed by atoms with Crippen LogP contribution in [0.25, 0.3) is 0 Å². The van der Waals surface area contributed by atoms with E-state index in [1.54, 1.807) is 30.1 Å². The van der Waals surface area contributed by atoms with Crippen LogP contribution in [-0.2, 0) is 6.54 Å². The summed E-state index contributed by atoms with van der Waals surface area (Å²) in [5, 5.41) is 19.9. The molecule has 0 unspecified atom stereocenters. The summed E-state index contributed by atoms with van der Waals surface area (Å²) in [5.41, 5.74) is 0.667. The zero-order valence-corrected chi connectivity index (χ0v) is 12.1. The Morgan fingerprint density at radius 1 is 1.45 bits per heavy atom. The van der Waals surface area contributed by atoms with Gasteiger partial charge in [-0.1, -0.05) is 11.6 Å². The van der Waals surface area contributed by atoms with Gasteiger partial charge in [0.2, 0.25) is 0 Å². The molecule has 0 N–H and O–H groups in total. The highest BCUT2D eigenvalue weighted by Crippen LogP contribution is 2.31. The zero-order valence-electron chi connectivity index (χ0n) is 10.5. The number of halogens is 1. The Morgan fingerprint density at radius 3 is 2.75 bits per heavy atom. The molecule has 0 saturated heterocycles. The van der Waals surface area contributed by atoms with Gasteiger partial charge in [0.25, 0.3) is 5.69 Å². The molecule has 0 aliphatic rings. The molecule has 2 rings (SSSR count). The van der Waals surface area contributed by atoms with E-state index in [0.717, 1.165) is 4.88 Å². The van der Waals surface area contributed by atoms with E-state index in [1.165, 1.54) is 17.4 Å². The number of rotatable bonds is 4. The first-order chi connectivity index (χ1) is 9.51. The van der Waals surface area contributed by atoms with Crippen molar-refractivity contribution >= 4 is 34.3 Å². The first-order valence-electron chi connectivity index (χ1n) is 5.65. The summed E-state index contributed by atoms with van der Waals surface area (Å²) in [5.74, 6) is 0. The average molecular weight is 308 g/mol. The topological polar surface area (TPSA) is 70.2 Å². The molecule has 2 aromatic rings. The van der Waals surface area contributed by atoms with Crippen LogP contribution < -0.4 is 4.90 Å².